The maximum atomic E-state index is 13.1. The molecule has 0 radical (unpaired) electrons. The van der Waals surface area contributed by atoms with E-state index in [0.29, 0.717) is 12.6 Å². The lowest BCUT2D eigenvalue weighted by molar-refractivity contribution is 0.0331. The molecule has 3 N–H and O–H groups in total. The van der Waals surface area contributed by atoms with Gasteiger partial charge in [0.1, 0.15) is 5.82 Å². The highest BCUT2D eigenvalue weighted by Gasteiger charge is 2.20. The first-order valence-electron chi connectivity index (χ1n) is 11.4. The zero-order chi connectivity index (χ0) is 22.6. The number of piperidine rings is 1. The minimum Gasteiger partial charge on any atom is -0.389 e. The van der Waals surface area contributed by atoms with Gasteiger partial charge in [-0.3, -0.25) is 9.89 Å². The van der Waals surface area contributed by atoms with E-state index in [2.05, 4.69) is 20.5 Å². The standard InChI is InChI=1S/C25H35FN4O2/c1-2-27-25(28-16-24(31)19-32-18-21-6-4-3-5-7-21)29-23-12-14-30(15-13-23)17-20-8-10-22(26)11-9-20/h3-11,23-24,31H,2,12-19H2,1H3,(H2,27,28,29). The summed E-state index contributed by atoms with van der Waals surface area (Å²) in [7, 11) is 0. The van der Waals surface area contributed by atoms with Crippen molar-refractivity contribution in [2.24, 2.45) is 4.99 Å². The third-order valence-electron chi connectivity index (χ3n) is 5.47. The molecule has 2 aromatic rings. The highest BCUT2D eigenvalue weighted by atomic mass is 19.1. The van der Waals surface area contributed by atoms with Gasteiger partial charge < -0.3 is 20.5 Å². The topological polar surface area (TPSA) is 69.1 Å². The van der Waals surface area contributed by atoms with Crippen molar-refractivity contribution in [3.8, 4) is 0 Å². The zero-order valence-electron chi connectivity index (χ0n) is 18.8. The van der Waals surface area contributed by atoms with Gasteiger partial charge in [0.05, 0.1) is 25.9 Å². The number of guanidine groups is 1. The van der Waals surface area contributed by atoms with Crippen LogP contribution in [-0.4, -0.2) is 60.9 Å². The molecule has 0 aromatic heterocycles. The quantitative estimate of drug-likeness (QED) is 0.390. The number of hydrogen-bond donors (Lipinski definition) is 3. The van der Waals surface area contributed by atoms with Gasteiger partial charge in [0.25, 0.3) is 0 Å². The van der Waals surface area contributed by atoms with E-state index in [9.17, 15) is 9.50 Å². The number of nitrogens with one attached hydrogen (secondary N) is 2. The predicted octanol–water partition coefficient (Wildman–Crippen LogP) is 2.92. The van der Waals surface area contributed by atoms with Crippen molar-refractivity contribution >= 4 is 5.96 Å². The third kappa shape index (κ3) is 8.57. The maximum Gasteiger partial charge on any atom is 0.191 e. The van der Waals surface area contributed by atoms with E-state index < -0.39 is 6.10 Å². The van der Waals surface area contributed by atoms with Crippen LogP contribution in [0.4, 0.5) is 4.39 Å². The summed E-state index contributed by atoms with van der Waals surface area (Å²) in [6.07, 6.45) is 1.37. The van der Waals surface area contributed by atoms with E-state index in [1.165, 1.54) is 12.1 Å². The van der Waals surface area contributed by atoms with E-state index in [1.807, 2.05) is 49.4 Å². The number of benzene rings is 2. The van der Waals surface area contributed by atoms with Gasteiger partial charge in [0.2, 0.25) is 0 Å². The van der Waals surface area contributed by atoms with Crippen molar-refractivity contribution in [3.05, 3.63) is 71.5 Å². The molecule has 6 nitrogen and oxygen atoms in total. The molecule has 7 heteroatoms. The molecule has 1 unspecified atom stereocenters. The molecule has 0 saturated carbocycles. The van der Waals surface area contributed by atoms with Crippen molar-refractivity contribution in [1.82, 2.24) is 15.5 Å². The number of aliphatic hydroxyl groups excluding tert-OH is 1. The maximum absolute atomic E-state index is 13.1. The second-order valence-electron chi connectivity index (χ2n) is 8.20. The number of hydrogen-bond acceptors (Lipinski definition) is 4. The van der Waals surface area contributed by atoms with E-state index in [0.717, 1.165) is 56.1 Å². The Morgan fingerprint density at radius 1 is 1.12 bits per heavy atom. The van der Waals surface area contributed by atoms with Crippen LogP contribution >= 0.6 is 0 Å². The normalized spacial score (nSPS) is 16.7. The van der Waals surface area contributed by atoms with Gasteiger partial charge in [-0.05, 0) is 43.0 Å². The summed E-state index contributed by atoms with van der Waals surface area (Å²) in [5.41, 5.74) is 2.22. The fourth-order valence-corrected chi connectivity index (χ4v) is 3.73. The van der Waals surface area contributed by atoms with Crippen LogP contribution in [0, 0.1) is 5.82 Å². The summed E-state index contributed by atoms with van der Waals surface area (Å²) in [4.78, 5) is 6.94. The first kappa shape index (κ1) is 24.2. The molecule has 0 aliphatic carbocycles. The second kappa shape index (κ2) is 13.2. The second-order valence-corrected chi connectivity index (χ2v) is 8.20. The van der Waals surface area contributed by atoms with Gasteiger partial charge in [0, 0.05) is 32.2 Å². The number of aliphatic imine (C=N–C) groups is 1. The van der Waals surface area contributed by atoms with Crippen molar-refractivity contribution < 1.29 is 14.2 Å². The molecular weight excluding hydrogens is 407 g/mol. The monoisotopic (exact) mass is 442 g/mol. The van der Waals surface area contributed by atoms with Crippen molar-refractivity contribution in [2.45, 2.75) is 45.1 Å². The Kier molecular flexibility index (Phi) is 9.94. The van der Waals surface area contributed by atoms with E-state index in [-0.39, 0.29) is 19.0 Å². The fraction of sp³-hybridized carbons (Fsp3) is 0.480. The van der Waals surface area contributed by atoms with Crippen LogP contribution in [-0.2, 0) is 17.9 Å². The van der Waals surface area contributed by atoms with Crippen LogP contribution < -0.4 is 10.6 Å². The molecule has 0 amide bonds. The van der Waals surface area contributed by atoms with Crippen molar-refractivity contribution in [1.29, 1.82) is 0 Å². The van der Waals surface area contributed by atoms with Gasteiger partial charge in [0.15, 0.2) is 5.96 Å². The van der Waals surface area contributed by atoms with Crippen LogP contribution in [0.1, 0.15) is 30.9 Å². The minimum atomic E-state index is -0.647. The molecule has 0 spiro atoms. The van der Waals surface area contributed by atoms with E-state index >= 15 is 0 Å². The Hall–Kier alpha value is -2.48. The third-order valence-corrected chi connectivity index (χ3v) is 5.47. The zero-order valence-corrected chi connectivity index (χ0v) is 18.8. The molecule has 1 atom stereocenters. The Labute approximate surface area is 190 Å². The lowest BCUT2D eigenvalue weighted by Gasteiger charge is -2.33. The Morgan fingerprint density at radius 3 is 2.53 bits per heavy atom. The molecule has 32 heavy (non-hydrogen) atoms. The summed E-state index contributed by atoms with van der Waals surface area (Å²) in [6.45, 7) is 6.60. The van der Waals surface area contributed by atoms with Crippen LogP contribution in [0.2, 0.25) is 0 Å². The van der Waals surface area contributed by atoms with Crippen LogP contribution in [0.5, 0.6) is 0 Å². The number of ether oxygens (including phenoxy) is 1. The summed E-state index contributed by atoms with van der Waals surface area (Å²) < 4.78 is 18.7. The molecule has 1 aliphatic rings. The predicted molar refractivity (Wildman–Crippen MR) is 126 cm³/mol. The van der Waals surface area contributed by atoms with Gasteiger partial charge in [-0.2, -0.15) is 0 Å². The average molecular weight is 443 g/mol. The summed E-state index contributed by atoms with van der Waals surface area (Å²) >= 11 is 0. The van der Waals surface area contributed by atoms with Gasteiger partial charge in [-0.1, -0.05) is 42.5 Å². The van der Waals surface area contributed by atoms with Crippen LogP contribution in [0.15, 0.2) is 59.6 Å². The summed E-state index contributed by atoms with van der Waals surface area (Å²) in [6, 6.07) is 17.0. The summed E-state index contributed by atoms with van der Waals surface area (Å²) in [5, 5.41) is 17.0. The summed E-state index contributed by atoms with van der Waals surface area (Å²) in [5.74, 6) is 0.534. The molecule has 0 bridgehead atoms. The number of likely N-dealkylation sites (tertiary alicyclic amines) is 1. The molecular formula is C25H35FN4O2. The highest BCUT2D eigenvalue weighted by molar-refractivity contribution is 5.80. The molecule has 2 aromatic carbocycles. The number of halogens is 1. The van der Waals surface area contributed by atoms with Crippen molar-refractivity contribution in [2.75, 3.05) is 32.8 Å². The smallest absolute Gasteiger partial charge is 0.191 e. The molecule has 3 rings (SSSR count). The van der Waals surface area contributed by atoms with Crippen LogP contribution in [0.3, 0.4) is 0 Å². The van der Waals surface area contributed by atoms with Gasteiger partial charge >= 0.3 is 0 Å². The van der Waals surface area contributed by atoms with E-state index in [4.69, 9.17) is 4.74 Å². The average Bonchev–Trinajstić information content (AvgIpc) is 2.81. The number of aliphatic hydroxyl groups is 1. The Balaban J connectivity index is 1.38. The SMILES string of the molecule is CCNC(=NCC(O)COCc1ccccc1)NC1CCN(Cc2ccc(F)cc2)CC1. The fourth-order valence-electron chi connectivity index (χ4n) is 3.73. The largest absolute Gasteiger partial charge is 0.389 e. The number of rotatable bonds is 10. The highest BCUT2D eigenvalue weighted by Crippen LogP contribution is 2.14. The van der Waals surface area contributed by atoms with Crippen molar-refractivity contribution in [3.63, 3.8) is 0 Å². The Bertz CT molecular complexity index is 808. The first-order valence-corrected chi connectivity index (χ1v) is 11.4. The number of nitrogens with zero attached hydrogens (tertiary/aromatic N) is 2. The molecule has 1 aliphatic heterocycles. The molecule has 174 valence electrons. The molecule has 1 fully saturated rings. The molecule has 1 saturated heterocycles. The first-order chi connectivity index (χ1) is 15.6. The van der Waals surface area contributed by atoms with Gasteiger partial charge in [-0.25, -0.2) is 4.39 Å². The van der Waals surface area contributed by atoms with E-state index in [1.54, 1.807) is 0 Å². The lowest BCUT2D eigenvalue weighted by Crippen LogP contribution is -2.48. The van der Waals surface area contributed by atoms with Gasteiger partial charge in [-0.15, -0.1) is 0 Å². The Morgan fingerprint density at radius 2 is 1.84 bits per heavy atom. The van der Waals surface area contributed by atoms with Crippen LogP contribution in [0.25, 0.3) is 0 Å². The minimum absolute atomic E-state index is 0.195. The lowest BCUT2D eigenvalue weighted by atomic mass is 10.0. The molecule has 1 heterocycles.